The molecule has 1 N–H and O–H groups in total. The van der Waals surface area contributed by atoms with Crippen molar-refractivity contribution in [1.82, 2.24) is 0 Å². The molecule has 72 valence electrons. The second-order valence-corrected chi connectivity index (χ2v) is 2.42. The monoisotopic (exact) mass is 192 g/mol. The molecule has 0 fully saturated rings. The highest BCUT2D eigenvalue weighted by atomic mass is 17.0. The van der Waals surface area contributed by atoms with Crippen molar-refractivity contribution < 1.29 is 9.92 Å². The van der Waals surface area contributed by atoms with Crippen molar-refractivity contribution in [3.8, 4) is 0 Å². The molecule has 0 atom stereocenters. The van der Waals surface area contributed by atoms with E-state index in [4.69, 9.17) is 5.41 Å². The first-order chi connectivity index (χ1) is 6.68. The van der Waals surface area contributed by atoms with E-state index in [-0.39, 0.29) is 0 Å². The SMILES string of the molecule is N=C(/C=C/c1ccccc1)O[N+](=O)[O-]. The lowest BCUT2D eigenvalue weighted by Gasteiger charge is -1.93. The average Bonchev–Trinajstić information content (AvgIpc) is 2.15. The molecule has 5 nitrogen and oxygen atoms in total. The molecule has 5 heteroatoms. The third-order valence-corrected chi connectivity index (χ3v) is 1.40. The molecular weight excluding hydrogens is 184 g/mol. The maximum Gasteiger partial charge on any atom is 0.301 e. The third kappa shape index (κ3) is 3.48. The van der Waals surface area contributed by atoms with Crippen molar-refractivity contribution in [2.75, 3.05) is 0 Å². The molecule has 0 heterocycles. The first-order valence-electron chi connectivity index (χ1n) is 3.82. The second kappa shape index (κ2) is 4.76. The van der Waals surface area contributed by atoms with Crippen LogP contribution in [-0.2, 0) is 4.84 Å². The van der Waals surface area contributed by atoms with Gasteiger partial charge in [0.25, 0.3) is 0 Å². The quantitative estimate of drug-likeness (QED) is 0.344. The third-order valence-electron chi connectivity index (χ3n) is 1.40. The van der Waals surface area contributed by atoms with Gasteiger partial charge in [-0.05, 0) is 11.6 Å². The van der Waals surface area contributed by atoms with E-state index in [9.17, 15) is 10.1 Å². The van der Waals surface area contributed by atoms with Crippen molar-refractivity contribution in [2.24, 2.45) is 0 Å². The summed E-state index contributed by atoms with van der Waals surface area (Å²) in [6, 6.07) is 9.15. The Kier molecular flexibility index (Phi) is 3.37. The number of nitrogens with one attached hydrogen (secondary N) is 1. The normalized spacial score (nSPS) is 10.0. The summed E-state index contributed by atoms with van der Waals surface area (Å²) in [6.45, 7) is 0. The van der Waals surface area contributed by atoms with Crippen LogP contribution < -0.4 is 0 Å². The summed E-state index contributed by atoms with van der Waals surface area (Å²) in [6.07, 6.45) is 2.78. The molecule has 1 aromatic carbocycles. The van der Waals surface area contributed by atoms with Gasteiger partial charge in [-0.15, -0.1) is 10.1 Å². The maximum absolute atomic E-state index is 9.83. The molecule has 0 unspecified atom stereocenters. The van der Waals surface area contributed by atoms with E-state index >= 15 is 0 Å². The van der Waals surface area contributed by atoms with Gasteiger partial charge in [0.2, 0.25) is 5.90 Å². The Hall–Kier alpha value is -2.17. The van der Waals surface area contributed by atoms with E-state index in [1.165, 1.54) is 6.08 Å². The van der Waals surface area contributed by atoms with Crippen LogP contribution in [0.15, 0.2) is 36.4 Å². The van der Waals surface area contributed by atoms with E-state index in [0.717, 1.165) is 5.56 Å². The molecule has 0 spiro atoms. The van der Waals surface area contributed by atoms with Crippen LogP contribution in [0.1, 0.15) is 5.56 Å². The number of hydrogen-bond acceptors (Lipinski definition) is 4. The van der Waals surface area contributed by atoms with Crippen molar-refractivity contribution >= 4 is 12.0 Å². The van der Waals surface area contributed by atoms with Gasteiger partial charge in [-0.2, -0.15) is 0 Å². The minimum atomic E-state index is -1.02. The Morgan fingerprint density at radius 2 is 2.07 bits per heavy atom. The summed E-state index contributed by atoms with van der Waals surface area (Å²) in [7, 11) is 0. The van der Waals surface area contributed by atoms with Crippen LogP contribution in [0.5, 0.6) is 0 Å². The fraction of sp³-hybridized carbons (Fsp3) is 0. The Morgan fingerprint density at radius 1 is 1.43 bits per heavy atom. The summed E-state index contributed by atoms with van der Waals surface area (Å²) < 4.78 is 0. The zero-order valence-corrected chi connectivity index (χ0v) is 7.21. The number of nitrogens with zero attached hydrogens (tertiary/aromatic N) is 1. The van der Waals surface area contributed by atoms with Gasteiger partial charge in [0.05, 0.1) is 0 Å². The van der Waals surface area contributed by atoms with E-state index in [0.29, 0.717) is 0 Å². The molecule has 0 bridgehead atoms. The van der Waals surface area contributed by atoms with Crippen LogP contribution in [0, 0.1) is 15.5 Å². The minimum absolute atomic E-state index is 0.501. The van der Waals surface area contributed by atoms with Crippen LogP contribution in [0.3, 0.4) is 0 Å². The Morgan fingerprint density at radius 3 is 2.64 bits per heavy atom. The summed E-state index contributed by atoms with van der Waals surface area (Å²) in [5.74, 6) is -0.501. The van der Waals surface area contributed by atoms with Crippen molar-refractivity contribution in [2.45, 2.75) is 0 Å². The highest BCUT2D eigenvalue weighted by Crippen LogP contribution is 2.00. The molecule has 0 aliphatic carbocycles. The fourth-order valence-electron chi connectivity index (χ4n) is 0.847. The fourth-order valence-corrected chi connectivity index (χ4v) is 0.847. The molecule has 0 radical (unpaired) electrons. The number of hydrogen-bond donors (Lipinski definition) is 1. The van der Waals surface area contributed by atoms with Gasteiger partial charge in [-0.3, -0.25) is 10.2 Å². The first-order valence-corrected chi connectivity index (χ1v) is 3.82. The maximum atomic E-state index is 9.83. The predicted molar refractivity (Wildman–Crippen MR) is 51.3 cm³/mol. The van der Waals surface area contributed by atoms with Crippen molar-refractivity contribution in [3.05, 3.63) is 52.1 Å². The molecule has 1 rings (SSSR count). The highest BCUT2D eigenvalue weighted by Gasteiger charge is 1.97. The van der Waals surface area contributed by atoms with Crippen LogP contribution in [0.2, 0.25) is 0 Å². The predicted octanol–water partition coefficient (Wildman–Crippen LogP) is 1.89. The lowest BCUT2D eigenvalue weighted by Crippen LogP contribution is -2.05. The van der Waals surface area contributed by atoms with E-state index in [1.807, 2.05) is 30.3 Å². The van der Waals surface area contributed by atoms with Crippen molar-refractivity contribution in [1.29, 1.82) is 5.41 Å². The summed E-state index contributed by atoms with van der Waals surface area (Å²) in [5, 5.41) is 15.8. The van der Waals surface area contributed by atoms with Gasteiger partial charge in [0, 0.05) is 0 Å². The zero-order chi connectivity index (χ0) is 10.4. The average molecular weight is 192 g/mol. The molecule has 0 aliphatic heterocycles. The van der Waals surface area contributed by atoms with Crippen molar-refractivity contribution in [3.63, 3.8) is 0 Å². The van der Waals surface area contributed by atoms with Crippen LogP contribution >= 0.6 is 0 Å². The van der Waals surface area contributed by atoms with Gasteiger partial charge in [-0.1, -0.05) is 36.4 Å². The molecule has 1 aromatic rings. The van der Waals surface area contributed by atoms with E-state index in [1.54, 1.807) is 6.08 Å². The molecule has 0 saturated heterocycles. The topological polar surface area (TPSA) is 76.2 Å². The molecule has 0 saturated carbocycles. The molecule has 0 amide bonds. The van der Waals surface area contributed by atoms with Crippen LogP contribution in [0.25, 0.3) is 6.08 Å². The molecule has 0 aliphatic rings. The van der Waals surface area contributed by atoms with Gasteiger partial charge in [0.15, 0.2) is 0 Å². The molecular formula is C9H8N2O3. The molecule has 14 heavy (non-hydrogen) atoms. The first kappa shape index (κ1) is 9.91. The summed E-state index contributed by atoms with van der Waals surface area (Å²) >= 11 is 0. The number of benzene rings is 1. The molecule has 0 aromatic heterocycles. The van der Waals surface area contributed by atoms with E-state index < -0.39 is 11.0 Å². The lowest BCUT2D eigenvalue weighted by molar-refractivity contribution is -0.723. The lowest BCUT2D eigenvalue weighted by atomic mass is 10.2. The van der Waals surface area contributed by atoms with Gasteiger partial charge < -0.3 is 0 Å². The minimum Gasteiger partial charge on any atom is -0.279 e. The highest BCUT2D eigenvalue weighted by molar-refractivity contribution is 5.88. The van der Waals surface area contributed by atoms with Gasteiger partial charge in [0.1, 0.15) is 0 Å². The van der Waals surface area contributed by atoms with Crippen LogP contribution in [0.4, 0.5) is 0 Å². The van der Waals surface area contributed by atoms with Gasteiger partial charge in [-0.25, -0.2) is 0 Å². The largest absolute Gasteiger partial charge is 0.301 e. The zero-order valence-electron chi connectivity index (χ0n) is 7.21. The Balaban J connectivity index is 2.56. The Labute approximate surface area is 80.2 Å². The number of rotatable bonds is 3. The summed E-state index contributed by atoms with van der Waals surface area (Å²) in [5.41, 5.74) is 0.851. The second-order valence-electron chi connectivity index (χ2n) is 2.42. The summed E-state index contributed by atoms with van der Waals surface area (Å²) in [4.78, 5) is 13.7. The Bertz CT molecular complexity index is 360. The van der Waals surface area contributed by atoms with E-state index in [2.05, 4.69) is 4.84 Å². The van der Waals surface area contributed by atoms with Crippen LogP contribution in [-0.4, -0.2) is 11.0 Å². The smallest absolute Gasteiger partial charge is 0.279 e. The van der Waals surface area contributed by atoms with Gasteiger partial charge >= 0.3 is 5.09 Å². The standard InChI is InChI=1S/C9H8N2O3/c10-9(14-11(12)13)7-6-8-4-2-1-3-5-8/h1-7,10H/b7-6+,10-9?.